The molecule has 2 aromatic heterocycles. The number of aryl methyl sites for hydroxylation is 1. The van der Waals surface area contributed by atoms with Crippen molar-refractivity contribution in [2.45, 2.75) is 25.9 Å². The lowest BCUT2D eigenvalue weighted by molar-refractivity contribution is 0.0595. The SMILES string of the molecule is Cc1cnccc1-c1ccc(C(=O)N(C)CC(O)CN2CCc3ccccc3CC2)s1. The summed E-state index contributed by atoms with van der Waals surface area (Å²) in [4.78, 5) is 22.7. The van der Waals surface area contributed by atoms with Gasteiger partial charge in [-0.3, -0.25) is 9.78 Å². The number of β-amino-alcohol motifs (C(OH)–C–C–N with tert-alkyl or cyclic N) is 1. The highest BCUT2D eigenvalue weighted by Gasteiger charge is 2.21. The van der Waals surface area contributed by atoms with Gasteiger partial charge in [0.15, 0.2) is 0 Å². The normalized spacial score (nSPS) is 15.2. The third-order valence-corrected chi connectivity index (χ3v) is 7.02. The zero-order valence-electron chi connectivity index (χ0n) is 18.1. The third kappa shape index (κ3) is 5.21. The molecular weight excluding hydrogens is 406 g/mol. The minimum atomic E-state index is -0.572. The summed E-state index contributed by atoms with van der Waals surface area (Å²) >= 11 is 1.48. The van der Waals surface area contributed by atoms with Crippen molar-refractivity contribution >= 4 is 17.2 Å². The maximum Gasteiger partial charge on any atom is 0.263 e. The van der Waals surface area contributed by atoms with Gasteiger partial charge in [0, 0.05) is 50.5 Å². The molecule has 0 saturated heterocycles. The molecule has 1 aliphatic heterocycles. The van der Waals surface area contributed by atoms with E-state index in [0.29, 0.717) is 18.0 Å². The van der Waals surface area contributed by atoms with Gasteiger partial charge in [0.1, 0.15) is 0 Å². The molecule has 0 spiro atoms. The smallest absolute Gasteiger partial charge is 0.263 e. The molecule has 1 N–H and O–H groups in total. The van der Waals surface area contributed by atoms with E-state index < -0.39 is 6.10 Å². The van der Waals surface area contributed by atoms with Gasteiger partial charge >= 0.3 is 0 Å². The van der Waals surface area contributed by atoms with Crippen LogP contribution >= 0.6 is 11.3 Å². The van der Waals surface area contributed by atoms with Gasteiger partial charge in [0.05, 0.1) is 11.0 Å². The van der Waals surface area contributed by atoms with Gasteiger partial charge in [0.25, 0.3) is 5.91 Å². The quantitative estimate of drug-likeness (QED) is 0.642. The van der Waals surface area contributed by atoms with Crippen LogP contribution in [-0.2, 0) is 12.8 Å². The number of amides is 1. The molecule has 162 valence electrons. The number of fused-ring (bicyclic) bond motifs is 1. The van der Waals surface area contributed by atoms with E-state index in [0.717, 1.165) is 41.9 Å². The third-order valence-electron chi connectivity index (χ3n) is 5.92. The number of benzene rings is 1. The van der Waals surface area contributed by atoms with E-state index in [1.165, 1.54) is 22.5 Å². The van der Waals surface area contributed by atoms with E-state index in [9.17, 15) is 9.90 Å². The Hall–Kier alpha value is -2.54. The number of pyridine rings is 1. The van der Waals surface area contributed by atoms with Crippen LogP contribution in [0.5, 0.6) is 0 Å². The summed E-state index contributed by atoms with van der Waals surface area (Å²) in [5.74, 6) is -0.0507. The Morgan fingerprint density at radius 1 is 1.16 bits per heavy atom. The van der Waals surface area contributed by atoms with Gasteiger partial charge in [0.2, 0.25) is 0 Å². The maximum absolute atomic E-state index is 12.9. The van der Waals surface area contributed by atoms with Crippen molar-refractivity contribution in [1.82, 2.24) is 14.8 Å². The number of nitrogens with zero attached hydrogens (tertiary/aromatic N) is 3. The predicted octanol–water partition coefficient (Wildman–Crippen LogP) is 3.65. The van der Waals surface area contributed by atoms with Gasteiger partial charge in [-0.1, -0.05) is 24.3 Å². The van der Waals surface area contributed by atoms with Crippen LogP contribution in [-0.4, -0.2) is 65.1 Å². The molecule has 4 rings (SSSR count). The molecule has 1 atom stereocenters. The second kappa shape index (κ2) is 9.73. The maximum atomic E-state index is 12.9. The van der Waals surface area contributed by atoms with Gasteiger partial charge in [-0.15, -0.1) is 11.3 Å². The van der Waals surface area contributed by atoms with E-state index in [1.54, 1.807) is 18.1 Å². The van der Waals surface area contributed by atoms with E-state index in [1.807, 2.05) is 31.3 Å². The molecule has 6 heteroatoms. The first-order chi connectivity index (χ1) is 15.0. The molecule has 1 aromatic carbocycles. The fourth-order valence-corrected chi connectivity index (χ4v) is 5.28. The highest BCUT2D eigenvalue weighted by Crippen LogP contribution is 2.30. The van der Waals surface area contributed by atoms with Crippen molar-refractivity contribution in [1.29, 1.82) is 0 Å². The lowest BCUT2D eigenvalue weighted by Crippen LogP contribution is -2.41. The summed E-state index contributed by atoms with van der Waals surface area (Å²) in [5, 5.41) is 10.7. The zero-order valence-corrected chi connectivity index (χ0v) is 18.9. The lowest BCUT2D eigenvalue weighted by atomic mass is 10.0. The molecule has 1 amide bonds. The Labute approximate surface area is 188 Å². The van der Waals surface area contributed by atoms with Crippen molar-refractivity contribution in [2.24, 2.45) is 0 Å². The molecule has 3 aromatic rings. The first kappa shape index (κ1) is 21.7. The Kier molecular flexibility index (Phi) is 6.80. The van der Waals surface area contributed by atoms with Gasteiger partial charge in [-0.2, -0.15) is 0 Å². The van der Waals surface area contributed by atoms with Crippen LogP contribution in [0.15, 0.2) is 54.9 Å². The fraction of sp³-hybridized carbons (Fsp3) is 0.360. The van der Waals surface area contributed by atoms with Crippen LogP contribution in [0.2, 0.25) is 0 Å². The van der Waals surface area contributed by atoms with E-state index >= 15 is 0 Å². The Bertz CT molecular complexity index is 1020. The van der Waals surface area contributed by atoms with Crippen LogP contribution in [0.25, 0.3) is 10.4 Å². The van der Waals surface area contributed by atoms with Crippen LogP contribution in [0.3, 0.4) is 0 Å². The molecule has 1 aliphatic rings. The first-order valence-electron chi connectivity index (χ1n) is 10.7. The number of likely N-dealkylation sites (N-methyl/N-ethyl adjacent to an activating group) is 1. The predicted molar refractivity (Wildman–Crippen MR) is 126 cm³/mol. The minimum Gasteiger partial charge on any atom is -0.390 e. The summed E-state index contributed by atoms with van der Waals surface area (Å²) in [6.45, 7) is 4.80. The molecule has 3 heterocycles. The molecule has 1 unspecified atom stereocenters. The molecule has 31 heavy (non-hydrogen) atoms. The van der Waals surface area contributed by atoms with E-state index in [2.05, 4.69) is 34.1 Å². The molecule has 0 saturated carbocycles. The first-order valence-corrected chi connectivity index (χ1v) is 11.6. The Balaban J connectivity index is 1.32. The second-order valence-electron chi connectivity index (χ2n) is 8.26. The zero-order chi connectivity index (χ0) is 21.8. The average Bonchev–Trinajstić information content (AvgIpc) is 3.16. The van der Waals surface area contributed by atoms with Crippen LogP contribution < -0.4 is 0 Å². The molecule has 0 fully saturated rings. The fourth-order valence-electron chi connectivity index (χ4n) is 4.19. The highest BCUT2D eigenvalue weighted by molar-refractivity contribution is 7.17. The number of carbonyl (C=O) groups is 1. The molecule has 0 aliphatic carbocycles. The number of aliphatic hydroxyl groups is 1. The van der Waals surface area contributed by atoms with Crippen molar-refractivity contribution in [3.8, 4) is 10.4 Å². The van der Waals surface area contributed by atoms with Gasteiger partial charge in [-0.25, -0.2) is 0 Å². The summed E-state index contributed by atoms with van der Waals surface area (Å²) in [7, 11) is 1.76. The lowest BCUT2D eigenvalue weighted by Gasteiger charge is -2.26. The number of aromatic nitrogens is 1. The van der Waals surface area contributed by atoms with Crippen molar-refractivity contribution in [2.75, 3.05) is 33.2 Å². The second-order valence-corrected chi connectivity index (χ2v) is 9.35. The van der Waals surface area contributed by atoms with E-state index in [4.69, 9.17) is 0 Å². The largest absolute Gasteiger partial charge is 0.390 e. The molecular formula is C25H29N3O2S. The van der Waals surface area contributed by atoms with E-state index in [-0.39, 0.29) is 5.91 Å². The molecule has 0 bridgehead atoms. The van der Waals surface area contributed by atoms with Crippen molar-refractivity contribution in [3.05, 3.63) is 76.4 Å². The van der Waals surface area contributed by atoms with Crippen molar-refractivity contribution in [3.63, 3.8) is 0 Å². The van der Waals surface area contributed by atoms with Gasteiger partial charge in [-0.05, 0) is 60.2 Å². The molecule has 0 radical (unpaired) electrons. The topological polar surface area (TPSA) is 56.7 Å². The van der Waals surface area contributed by atoms with Crippen LogP contribution in [0.4, 0.5) is 0 Å². The van der Waals surface area contributed by atoms with Crippen LogP contribution in [0, 0.1) is 6.92 Å². The average molecular weight is 436 g/mol. The number of hydrogen-bond donors (Lipinski definition) is 1. The number of rotatable bonds is 6. The van der Waals surface area contributed by atoms with Crippen LogP contribution in [0.1, 0.15) is 26.4 Å². The number of hydrogen-bond acceptors (Lipinski definition) is 5. The van der Waals surface area contributed by atoms with Gasteiger partial charge < -0.3 is 14.9 Å². The number of thiophene rings is 1. The van der Waals surface area contributed by atoms with Crippen molar-refractivity contribution < 1.29 is 9.90 Å². The monoisotopic (exact) mass is 435 g/mol. The standard InChI is InChI=1S/C25H29N3O2S/c1-18-15-26-12-9-22(18)23-7-8-24(31-23)25(30)27(2)16-21(29)17-28-13-10-19-5-3-4-6-20(19)11-14-28/h3-9,12,15,21,29H,10-11,13-14,16-17H2,1-2H3. The Morgan fingerprint density at radius 3 is 2.55 bits per heavy atom. The number of aliphatic hydroxyl groups excluding tert-OH is 1. The minimum absolute atomic E-state index is 0.0507. The summed E-state index contributed by atoms with van der Waals surface area (Å²) in [6.07, 6.45) is 5.04. The highest BCUT2D eigenvalue weighted by atomic mass is 32.1. The Morgan fingerprint density at radius 2 is 1.87 bits per heavy atom. The summed E-state index contributed by atoms with van der Waals surface area (Å²) in [5.41, 5.74) is 5.00. The summed E-state index contributed by atoms with van der Waals surface area (Å²) < 4.78 is 0. The number of carbonyl (C=O) groups excluding carboxylic acids is 1. The molecule has 5 nitrogen and oxygen atoms in total. The summed E-state index contributed by atoms with van der Waals surface area (Å²) in [6, 6.07) is 14.4.